The van der Waals surface area contributed by atoms with Crippen molar-refractivity contribution in [1.29, 1.82) is 0 Å². The van der Waals surface area contributed by atoms with Crippen LogP contribution in [0.4, 0.5) is 10.2 Å². The maximum atomic E-state index is 13.3. The first-order valence-corrected chi connectivity index (χ1v) is 12.4. The first-order chi connectivity index (χ1) is 15.4. The number of sulfone groups is 1. The summed E-state index contributed by atoms with van der Waals surface area (Å²) in [5.41, 5.74) is 1.21. The van der Waals surface area contributed by atoms with Crippen molar-refractivity contribution in [3.8, 4) is 11.4 Å². The van der Waals surface area contributed by atoms with Gasteiger partial charge in [0.25, 0.3) is 0 Å². The fourth-order valence-corrected chi connectivity index (χ4v) is 3.66. The van der Waals surface area contributed by atoms with E-state index in [0.717, 1.165) is 11.9 Å². The summed E-state index contributed by atoms with van der Waals surface area (Å²) in [7, 11) is -3.25. The van der Waals surface area contributed by atoms with E-state index in [-0.39, 0.29) is 28.5 Å². The van der Waals surface area contributed by atoms with Gasteiger partial charge in [-0.1, -0.05) is 20.8 Å². The number of amides is 1. The van der Waals surface area contributed by atoms with Gasteiger partial charge < -0.3 is 10.1 Å². The summed E-state index contributed by atoms with van der Waals surface area (Å²) in [6.07, 6.45) is 1.84. The molecule has 1 amide bonds. The van der Waals surface area contributed by atoms with Crippen LogP contribution in [0.2, 0.25) is 0 Å². The Hall–Kier alpha value is -3.20. The molecule has 1 heterocycles. The standard InChI is InChI=1S/C24H28FN3O4S/c1-24(2,3)21-16-22(28(27-21)18-9-7-17(25)8-10-18)26-23(29)6-5-15-32-19-11-13-20(14-12-19)33(4,30)31/h7-14,16H,5-6,15H2,1-4H3,(H,26,29). The van der Waals surface area contributed by atoms with Crippen LogP contribution in [0.5, 0.6) is 5.75 Å². The van der Waals surface area contributed by atoms with Gasteiger partial charge in [0.1, 0.15) is 17.4 Å². The number of rotatable bonds is 8. The van der Waals surface area contributed by atoms with Crippen LogP contribution in [0.3, 0.4) is 0 Å². The molecule has 0 fully saturated rings. The van der Waals surface area contributed by atoms with Crippen molar-refractivity contribution >= 4 is 21.6 Å². The quantitative estimate of drug-likeness (QED) is 0.486. The highest BCUT2D eigenvalue weighted by molar-refractivity contribution is 7.90. The molecule has 0 aliphatic carbocycles. The zero-order chi connectivity index (χ0) is 24.2. The molecule has 0 spiro atoms. The van der Waals surface area contributed by atoms with Gasteiger partial charge >= 0.3 is 0 Å². The Morgan fingerprint density at radius 3 is 2.30 bits per heavy atom. The van der Waals surface area contributed by atoms with E-state index in [4.69, 9.17) is 4.74 Å². The first-order valence-electron chi connectivity index (χ1n) is 10.5. The van der Waals surface area contributed by atoms with E-state index in [1.54, 1.807) is 28.9 Å². The summed E-state index contributed by atoms with van der Waals surface area (Å²) in [5.74, 6) is 0.495. The molecule has 0 atom stereocenters. The van der Waals surface area contributed by atoms with E-state index in [1.807, 2.05) is 26.8 Å². The second-order valence-electron chi connectivity index (χ2n) is 8.80. The summed E-state index contributed by atoms with van der Waals surface area (Å²) < 4.78 is 43.5. The fourth-order valence-electron chi connectivity index (χ4n) is 3.03. The molecule has 9 heteroatoms. The van der Waals surface area contributed by atoms with Crippen molar-refractivity contribution in [2.24, 2.45) is 0 Å². The molecule has 0 aliphatic heterocycles. The molecule has 7 nitrogen and oxygen atoms in total. The van der Waals surface area contributed by atoms with Crippen molar-refractivity contribution in [1.82, 2.24) is 9.78 Å². The lowest BCUT2D eigenvalue weighted by atomic mass is 9.92. The minimum Gasteiger partial charge on any atom is -0.494 e. The second kappa shape index (κ2) is 9.74. The van der Waals surface area contributed by atoms with E-state index < -0.39 is 9.84 Å². The molecule has 2 aromatic carbocycles. The van der Waals surface area contributed by atoms with Crippen molar-refractivity contribution in [3.63, 3.8) is 0 Å². The summed E-state index contributed by atoms with van der Waals surface area (Å²) in [6, 6.07) is 13.9. The van der Waals surface area contributed by atoms with Crippen molar-refractivity contribution in [2.45, 2.75) is 43.9 Å². The lowest BCUT2D eigenvalue weighted by Crippen LogP contribution is -2.15. The normalized spacial score (nSPS) is 11.9. The van der Waals surface area contributed by atoms with E-state index in [2.05, 4.69) is 10.4 Å². The third-order valence-electron chi connectivity index (χ3n) is 4.89. The molecule has 3 aromatic rings. The molecule has 0 saturated heterocycles. The van der Waals surface area contributed by atoms with Crippen LogP contribution in [0.1, 0.15) is 39.3 Å². The Bertz CT molecular complexity index is 1210. The van der Waals surface area contributed by atoms with Crippen molar-refractivity contribution in [3.05, 3.63) is 66.1 Å². The number of nitrogens with zero attached hydrogens (tertiary/aromatic N) is 2. The fraction of sp³-hybridized carbons (Fsp3) is 0.333. The van der Waals surface area contributed by atoms with Crippen LogP contribution in [0, 0.1) is 5.82 Å². The first kappa shape index (κ1) is 24.4. The number of benzene rings is 2. The topological polar surface area (TPSA) is 90.3 Å². The number of aromatic nitrogens is 2. The smallest absolute Gasteiger partial charge is 0.225 e. The third kappa shape index (κ3) is 6.64. The summed E-state index contributed by atoms with van der Waals surface area (Å²) in [5, 5.41) is 7.49. The summed E-state index contributed by atoms with van der Waals surface area (Å²) in [4.78, 5) is 12.8. The Kier molecular flexibility index (Phi) is 7.22. The lowest BCUT2D eigenvalue weighted by Gasteiger charge is -2.14. The van der Waals surface area contributed by atoms with Crippen LogP contribution in [-0.2, 0) is 20.0 Å². The molecule has 33 heavy (non-hydrogen) atoms. The molecule has 1 N–H and O–H groups in total. The predicted octanol–water partition coefficient (Wildman–Crippen LogP) is 4.51. The zero-order valence-electron chi connectivity index (χ0n) is 19.1. The molecule has 1 aromatic heterocycles. The maximum absolute atomic E-state index is 13.3. The molecular formula is C24H28FN3O4S. The summed E-state index contributed by atoms with van der Waals surface area (Å²) in [6.45, 7) is 6.37. The van der Waals surface area contributed by atoms with Crippen LogP contribution in [-0.4, -0.2) is 37.0 Å². The van der Waals surface area contributed by atoms with E-state index in [9.17, 15) is 17.6 Å². The Labute approximate surface area is 193 Å². The monoisotopic (exact) mass is 473 g/mol. The Morgan fingerprint density at radius 1 is 1.09 bits per heavy atom. The van der Waals surface area contributed by atoms with Gasteiger partial charge in [-0.2, -0.15) is 5.10 Å². The molecule has 0 aliphatic rings. The Morgan fingerprint density at radius 2 is 1.73 bits per heavy atom. The van der Waals surface area contributed by atoms with Crippen molar-refractivity contribution < 1.29 is 22.3 Å². The SMILES string of the molecule is CC(C)(C)c1cc(NC(=O)CCCOc2ccc(S(C)(=O)=O)cc2)n(-c2ccc(F)cc2)n1. The molecule has 3 rings (SSSR count). The van der Waals surface area contributed by atoms with Gasteiger partial charge in [0.15, 0.2) is 9.84 Å². The van der Waals surface area contributed by atoms with Gasteiger partial charge in [-0.3, -0.25) is 4.79 Å². The van der Waals surface area contributed by atoms with Crippen LogP contribution in [0.25, 0.3) is 5.69 Å². The van der Waals surface area contributed by atoms with Gasteiger partial charge in [0, 0.05) is 24.2 Å². The maximum Gasteiger partial charge on any atom is 0.225 e. The highest BCUT2D eigenvalue weighted by atomic mass is 32.2. The van der Waals surface area contributed by atoms with E-state index in [1.165, 1.54) is 24.3 Å². The van der Waals surface area contributed by atoms with Gasteiger partial charge in [0.05, 0.1) is 22.9 Å². The second-order valence-corrected chi connectivity index (χ2v) is 10.8. The number of carbonyl (C=O) groups is 1. The number of hydrogen-bond acceptors (Lipinski definition) is 5. The molecule has 176 valence electrons. The number of anilines is 1. The lowest BCUT2D eigenvalue weighted by molar-refractivity contribution is -0.116. The number of nitrogens with one attached hydrogen (secondary N) is 1. The van der Waals surface area contributed by atoms with Gasteiger partial charge in [-0.25, -0.2) is 17.5 Å². The van der Waals surface area contributed by atoms with Gasteiger partial charge in [-0.05, 0) is 55.0 Å². The van der Waals surface area contributed by atoms with Gasteiger partial charge in [-0.15, -0.1) is 0 Å². The molecule has 0 radical (unpaired) electrons. The number of carbonyl (C=O) groups excluding carboxylic acids is 1. The molecule has 0 unspecified atom stereocenters. The predicted molar refractivity (Wildman–Crippen MR) is 125 cm³/mol. The number of hydrogen-bond donors (Lipinski definition) is 1. The molecule has 0 bridgehead atoms. The molecule has 0 saturated carbocycles. The van der Waals surface area contributed by atoms with Crippen LogP contribution >= 0.6 is 0 Å². The van der Waals surface area contributed by atoms with Crippen LogP contribution < -0.4 is 10.1 Å². The molecular weight excluding hydrogens is 445 g/mol. The third-order valence-corrected chi connectivity index (χ3v) is 6.01. The van der Waals surface area contributed by atoms with Crippen LogP contribution in [0.15, 0.2) is 59.5 Å². The summed E-state index contributed by atoms with van der Waals surface area (Å²) >= 11 is 0. The average molecular weight is 474 g/mol. The van der Waals surface area contributed by atoms with Gasteiger partial charge in [0.2, 0.25) is 5.91 Å². The minimum atomic E-state index is -3.25. The highest BCUT2D eigenvalue weighted by Crippen LogP contribution is 2.26. The highest BCUT2D eigenvalue weighted by Gasteiger charge is 2.21. The zero-order valence-corrected chi connectivity index (χ0v) is 19.9. The van der Waals surface area contributed by atoms with Crippen molar-refractivity contribution in [2.75, 3.05) is 18.2 Å². The largest absolute Gasteiger partial charge is 0.494 e. The number of ether oxygens (including phenoxy) is 1. The average Bonchev–Trinajstić information content (AvgIpc) is 3.16. The minimum absolute atomic E-state index is 0.199. The Balaban J connectivity index is 1.60. The van der Waals surface area contributed by atoms with E-state index >= 15 is 0 Å². The number of halogens is 1. The van der Waals surface area contributed by atoms with E-state index in [0.29, 0.717) is 30.3 Å².